The van der Waals surface area contributed by atoms with Crippen LogP contribution in [0, 0.1) is 0 Å². The predicted octanol–water partition coefficient (Wildman–Crippen LogP) is 1.65. The third-order valence-electron chi connectivity index (χ3n) is 3.21. The lowest BCUT2D eigenvalue weighted by molar-refractivity contribution is -0.152. The summed E-state index contributed by atoms with van der Waals surface area (Å²) in [5.41, 5.74) is 0.0273. The number of hydrogen-bond donors (Lipinski definition) is 0. The molecule has 116 valence electrons. The van der Waals surface area contributed by atoms with Crippen LogP contribution in [-0.2, 0) is 21.3 Å². The van der Waals surface area contributed by atoms with Crippen LogP contribution in [0.15, 0.2) is 35.3 Å². The van der Waals surface area contributed by atoms with Gasteiger partial charge < -0.3 is 14.0 Å². The van der Waals surface area contributed by atoms with Gasteiger partial charge >= 0.3 is 11.9 Å². The number of aryl methyl sites for hydroxylation is 1. The Bertz CT molecular complexity index is 778. The summed E-state index contributed by atoms with van der Waals surface area (Å²) in [5.74, 6) is -1.28. The SMILES string of the molecule is CCOC(=O)[C@@H](C)OC(=O)c1cn(C)c(=O)c2ccccc12. The van der Waals surface area contributed by atoms with Crippen molar-refractivity contribution in [3.63, 3.8) is 0 Å². The maximum atomic E-state index is 12.3. The first kappa shape index (κ1) is 15.8. The third kappa shape index (κ3) is 3.00. The number of ether oxygens (including phenoxy) is 2. The van der Waals surface area contributed by atoms with Crippen molar-refractivity contribution in [2.45, 2.75) is 20.0 Å². The van der Waals surface area contributed by atoms with Gasteiger partial charge in [0.2, 0.25) is 0 Å². The van der Waals surface area contributed by atoms with Crippen LogP contribution in [0.5, 0.6) is 0 Å². The highest BCUT2D eigenvalue weighted by atomic mass is 16.6. The number of aromatic nitrogens is 1. The monoisotopic (exact) mass is 303 g/mol. The molecule has 0 saturated heterocycles. The molecule has 0 bridgehead atoms. The number of rotatable bonds is 4. The Morgan fingerprint density at radius 1 is 1.23 bits per heavy atom. The van der Waals surface area contributed by atoms with Gasteiger partial charge in [0, 0.05) is 24.0 Å². The second kappa shape index (κ2) is 6.43. The Labute approximate surface area is 127 Å². The second-order valence-electron chi connectivity index (χ2n) is 4.80. The molecule has 1 aromatic carbocycles. The second-order valence-corrected chi connectivity index (χ2v) is 4.80. The van der Waals surface area contributed by atoms with Gasteiger partial charge in [-0.15, -0.1) is 0 Å². The van der Waals surface area contributed by atoms with Gasteiger partial charge in [0.05, 0.1) is 12.2 Å². The first-order valence-corrected chi connectivity index (χ1v) is 6.91. The van der Waals surface area contributed by atoms with Gasteiger partial charge in [0.15, 0.2) is 6.10 Å². The largest absolute Gasteiger partial charge is 0.463 e. The first-order valence-electron chi connectivity index (χ1n) is 6.91. The number of fused-ring (bicyclic) bond motifs is 1. The molecule has 0 unspecified atom stereocenters. The lowest BCUT2D eigenvalue weighted by Crippen LogP contribution is -2.27. The molecule has 0 radical (unpaired) electrons. The molecule has 0 fully saturated rings. The van der Waals surface area contributed by atoms with Crippen LogP contribution in [0.3, 0.4) is 0 Å². The number of pyridine rings is 1. The van der Waals surface area contributed by atoms with Crippen molar-refractivity contribution in [1.29, 1.82) is 0 Å². The van der Waals surface area contributed by atoms with E-state index in [1.54, 1.807) is 38.2 Å². The standard InChI is InChI=1S/C16H17NO5/c1-4-21-15(19)10(2)22-16(20)13-9-17(3)14(18)12-8-6-5-7-11(12)13/h5-10H,4H2,1-3H3/t10-/m1/s1. The first-order chi connectivity index (χ1) is 10.5. The highest BCUT2D eigenvalue weighted by molar-refractivity contribution is 6.04. The highest BCUT2D eigenvalue weighted by Crippen LogP contribution is 2.17. The van der Waals surface area contributed by atoms with Gasteiger partial charge in [-0.05, 0) is 19.9 Å². The molecule has 0 aliphatic carbocycles. The summed E-state index contributed by atoms with van der Waals surface area (Å²) in [4.78, 5) is 35.9. The maximum Gasteiger partial charge on any atom is 0.347 e. The smallest absolute Gasteiger partial charge is 0.347 e. The fraction of sp³-hybridized carbons (Fsp3) is 0.312. The summed E-state index contributed by atoms with van der Waals surface area (Å²) in [6.07, 6.45) is 0.397. The normalized spacial score (nSPS) is 12.0. The molecule has 1 heterocycles. The van der Waals surface area contributed by atoms with Crippen LogP contribution in [0.2, 0.25) is 0 Å². The number of carbonyl (C=O) groups excluding carboxylic acids is 2. The molecule has 22 heavy (non-hydrogen) atoms. The molecule has 1 atom stereocenters. The Morgan fingerprint density at radius 2 is 1.86 bits per heavy atom. The van der Waals surface area contributed by atoms with Crippen LogP contribution in [0.1, 0.15) is 24.2 Å². The topological polar surface area (TPSA) is 74.6 Å². The highest BCUT2D eigenvalue weighted by Gasteiger charge is 2.22. The van der Waals surface area contributed by atoms with Crippen molar-refractivity contribution in [2.75, 3.05) is 6.61 Å². The zero-order chi connectivity index (χ0) is 16.3. The molecule has 6 heteroatoms. The minimum Gasteiger partial charge on any atom is -0.463 e. The van der Waals surface area contributed by atoms with Crippen molar-refractivity contribution in [2.24, 2.45) is 7.05 Å². The number of carbonyl (C=O) groups is 2. The molecular weight excluding hydrogens is 286 g/mol. The summed E-state index contributed by atoms with van der Waals surface area (Å²) >= 11 is 0. The van der Waals surface area contributed by atoms with Gasteiger partial charge in [-0.1, -0.05) is 18.2 Å². The van der Waals surface area contributed by atoms with E-state index in [0.717, 1.165) is 0 Å². The summed E-state index contributed by atoms with van der Waals surface area (Å²) in [6.45, 7) is 3.33. The Hall–Kier alpha value is -2.63. The van der Waals surface area contributed by atoms with Crippen molar-refractivity contribution >= 4 is 22.7 Å². The minimum absolute atomic E-state index is 0.203. The Balaban J connectivity index is 2.39. The summed E-state index contributed by atoms with van der Waals surface area (Å²) < 4.78 is 11.2. The zero-order valence-corrected chi connectivity index (χ0v) is 12.7. The van der Waals surface area contributed by atoms with Crippen LogP contribution in [0.25, 0.3) is 10.8 Å². The van der Waals surface area contributed by atoms with Crippen molar-refractivity contribution < 1.29 is 19.1 Å². The molecule has 0 saturated carbocycles. The van der Waals surface area contributed by atoms with Crippen LogP contribution >= 0.6 is 0 Å². The minimum atomic E-state index is -1.01. The molecular formula is C16H17NO5. The average molecular weight is 303 g/mol. The molecule has 0 amide bonds. The summed E-state index contributed by atoms with van der Waals surface area (Å²) in [6, 6.07) is 6.76. The van der Waals surface area contributed by atoms with E-state index in [9.17, 15) is 14.4 Å². The molecule has 6 nitrogen and oxygen atoms in total. The quantitative estimate of drug-likeness (QED) is 0.803. The fourth-order valence-corrected chi connectivity index (χ4v) is 2.11. The third-order valence-corrected chi connectivity index (χ3v) is 3.21. The number of hydrogen-bond acceptors (Lipinski definition) is 5. The Morgan fingerprint density at radius 3 is 2.50 bits per heavy atom. The number of nitrogens with zero attached hydrogens (tertiary/aromatic N) is 1. The van der Waals surface area contributed by atoms with Crippen molar-refractivity contribution in [1.82, 2.24) is 4.57 Å². The Kier molecular flexibility index (Phi) is 4.60. The van der Waals surface area contributed by atoms with E-state index in [1.165, 1.54) is 17.7 Å². The number of benzene rings is 1. The van der Waals surface area contributed by atoms with Crippen LogP contribution in [0.4, 0.5) is 0 Å². The van der Waals surface area contributed by atoms with Gasteiger partial charge in [-0.25, -0.2) is 9.59 Å². The summed E-state index contributed by atoms with van der Waals surface area (Å²) in [5, 5.41) is 0.912. The van der Waals surface area contributed by atoms with Gasteiger partial charge in [0.1, 0.15) is 0 Å². The van der Waals surface area contributed by atoms with E-state index in [4.69, 9.17) is 9.47 Å². The van der Waals surface area contributed by atoms with Crippen LogP contribution < -0.4 is 5.56 Å². The van der Waals surface area contributed by atoms with E-state index >= 15 is 0 Å². The molecule has 1 aromatic heterocycles. The lowest BCUT2D eigenvalue weighted by Gasteiger charge is -2.13. The van der Waals surface area contributed by atoms with Crippen molar-refractivity contribution in [3.05, 3.63) is 46.4 Å². The van der Waals surface area contributed by atoms with E-state index in [0.29, 0.717) is 10.8 Å². The van der Waals surface area contributed by atoms with E-state index < -0.39 is 18.0 Å². The van der Waals surface area contributed by atoms with Gasteiger partial charge in [0.25, 0.3) is 5.56 Å². The predicted molar refractivity (Wildman–Crippen MR) is 80.7 cm³/mol. The van der Waals surface area contributed by atoms with Crippen molar-refractivity contribution in [3.8, 4) is 0 Å². The van der Waals surface area contributed by atoms with E-state index in [-0.39, 0.29) is 17.7 Å². The average Bonchev–Trinajstić information content (AvgIpc) is 2.51. The molecule has 2 rings (SSSR count). The molecule has 0 aliphatic rings. The van der Waals surface area contributed by atoms with Crippen LogP contribution in [-0.4, -0.2) is 29.2 Å². The van der Waals surface area contributed by atoms with Gasteiger partial charge in [-0.3, -0.25) is 4.79 Å². The molecule has 0 aliphatic heterocycles. The van der Waals surface area contributed by atoms with E-state index in [1.807, 2.05) is 0 Å². The number of esters is 2. The molecule has 0 N–H and O–H groups in total. The van der Waals surface area contributed by atoms with E-state index in [2.05, 4.69) is 0 Å². The van der Waals surface area contributed by atoms with Gasteiger partial charge in [-0.2, -0.15) is 0 Å². The maximum absolute atomic E-state index is 12.3. The summed E-state index contributed by atoms with van der Waals surface area (Å²) in [7, 11) is 1.56. The molecule has 0 spiro atoms. The fourth-order valence-electron chi connectivity index (χ4n) is 2.11. The lowest BCUT2D eigenvalue weighted by atomic mass is 10.1. The zero-order valence-electron chi connectivity index (χ0n) is 12.7. The molecule has 2 aromatic rings.